The molecule has 0 spiro atoms. The molecule has 9 heteroatoms. The highest BCUT2D eigenvalue weighted by Gasteiger charge is 2.12. The molecule has 0 radical (unpaired) electrons. The summed E-state index contributed by atoms with van der Waals surface area (Å²) in [6.45, 7) is 3.98. The molecule has 164 valence electrons. The molecule has 0 saturated carbocycles. The molecular formula is C23H21ClN4O2S2. The number of nitrogens with one attached hydrogen (secondary N) is 1. The number of thioether (sulfide) groups is 1. The maximum absolute atomic E-state index is 12.2. The molecule has 0 aliphatic heterocycles. The summed E-state index contributed by atoms with van der Waals surface area (Å²) in [4.78, 5) is 21.2. The second-order valence-electron chi connectivity index (χ2n) is 7.27. The lowest BCUT2D eigenvalue weighted by Crippen LogP contribution is -2.12. The van der Waals surface area contributed by atoms with Gasteiger partial charge in [0.1, 0.15) is 0 Å². The Morgan fingerprint density at radius 2 is 1.97 bits per heavy atom. The first kappa shape index (κ1) is 22.5. The van der Waals surface area contributed by atoms with E-state index in [1.807, 2.05) is 19.1 Å². The minimum atomic E-state index is -0.134. The van der Waals surface area contributed by atoms with E-state index in [2.05, 4.69) is 57.0 Å². The van der Waals surface area contributed by atoms with Crippen molar-refractivity contribution in [2.24, 2.45) is 0 Å². The summed E-state index contributed by atoms with van der Waals surface area (Å²) in [7, 11) is 0. The van der Waals surface area contributed by atoms with Gasteiger partial charge in [-0.05, 0) is 31.5 Å². The van der Waals surface area contributed by atoms with Crippen molar-refractivity contribution in [2.75, 3.05) is 5.32 Å². The first-order valence-corrected chi connectivity index (χ1v) is 12.2. The number of nitrogens with zero attached hydrogens (tertiary/aromatic N) is 3. The predicted molar refractivity (Wildman–Crippen MR) is 129 cm³/mol. The molecule has 0 bridgehead atoms. The lowest BCUT2D eigenvalue weighted by Gasteiger charge is -2.06. The Hall–Kier alpha value is -2.68. The number of aryl methyl sites for hydroxylation is 3. The van der Waals surface area contributed by atoms with E-state index in [1.165, 1.54) is 5.56 Å². The second-order valence-corrected chi connectivity index (χ2v) is 9.76. The Labute approximate surface area is 199 Å². The number of rotatable bonds is 8. The fourth-order valence-electron chi connectivity index (χ4n) is 2.87. The van der Waals surface area contributed by atoms with Crippen LogP contribution < -0.4 is 5.32 Å². The van der Waals surface area contributed by atoms with Gasteiger partial charge in [-0.1, -0.05) is 64.4 Å². The summed E-state index contributed by atoms with van der Waals surface area (Å²) in [6.07, 6.45) is 0.616. The van der Waals surface area contributed by atoms with Gasteiger partial charge in [-0.3, -0.25) is 4.79 Å². The van der Waals surface area contributed by atoms with Crippen molar-refractivity contribution in [1.82, 2.24) is 15.1 Å². The molecule has 1 amide bonds. The quantitative estimate of drug-likeness (QED) is 0.294. The number of halogens is 1. The SMILES string of the molecule is Cc1ccc(-c2csc(SCc3noc(CCC(=O)Nc4ccc(C)c(Cl)c4)n3)n2)cc1. The maximum Gasteiger partial charge on any atom is 0.227 e. The third-order valence-corrected chi connectivity index (χ3v) is 7.11. The largest absolute Gasteiger partial charge is 0.339 e. The molecule has 0 fully saturated rings. The van der Waals surface area contributed by atoms with Crippen LogP contribution in [0.25, 0.3) is 11.3 Å². The maximum atomic E-state index is 12.2. The van der Waals surface area contributed by atoms with Gasteiger partial charge in [0.25, 0.3) is 0 Å². The van der Waals surface area contributed by atoms with Crippen LogP contribution in [0.2, 0.25) is 5.02 Å². The zero-order chi connectivity index (χ0) is 22.5. The number of carbonyl (C=O) groups excluding carboxylic acids is 1. The molecule has 4 rings (SSSR count). The van der Waals surface area contributed by atoms with Crippen LogP contribution in [0.1, 0.15) is 29.3 Å². The zero-order valence-electron chi connectivity index (χ0n) is 17.6. The van der Waals surface area contributed by atoms with Gasteiger partial charge in [-0.2, -0.15) is 4.98 Å². The normalized spacial score (nSPS) is 11.0. The van der Waals surface area contributed by atoms with Gasteiger partial charge in [0.15, 0.2) is 10.2 Å². The van der Waals surface area contributed by atoms with E-state index in [4.69, 9.17) is 16.1 Å². The third kappa shape index (κ3) is 5.97. The molecule has 1 N–H and O–H groups in total. The van der Waals surface area contributed by atoms with Crippen molar-refractivity contribution in [2.45, 2.75) is 36.8 Å². The first-order valence-electron chi connectivity index (χ1n) is 9.99. The van der Waals surface area contributed by atoms with Crippen LogP contribution >= 0.6 is 34.7 Å². The highest BCUT2D eigenvalue weighted by Crippen LogP contribution is 2.30. The van der Waals surface area contributed by atoms with Gasteiger partial charge in [0.05, 0.1) is 11.4 Å². The Morgan fingerprint density at radius 3 is 2.75 bits per heavy atom. The van der Waals surface area contributed by atoms with Crippen LogP contribution in [0.5, 0.6) is 0 Å². The van der Waals surface area contributed by atoms with E-state index in [0.29, 0.717) is 34.6 Å². The van der Waals surface area contributed by atoms with Gasteiger partial charge in [-0.25, -0.2) is 4.98 Å². The molecule has 2 aromatic carbocycles. The summed E-state index contributed by atoms with van der Waals surface area (Å²) in [6, 6.07) is 13.7. The van der Waals surface area contributed by atoms with E-state index < -0.39 is 0 Å². The lowest BCUT2D eigenvalue weighted by molar-refractivity contribution is -0.116. The number of aromatic nitrogens is 3. The molecule has 4 aromatic rings. The number of anilines is 1. The second kappa shape index (κ2) is 10.3. The molecule has 32 heavy (non-hydrogen) atoms. The number of hydrogen-bond acceptors (Lipinski definition) is 7. The lowest BCUT2D eigenvalue weighted by atomic mass is 10.1. The van der Waals surface area contributed by atoms with Crippen LogP contribution in [0.4, 0.5) is 5.69 Å². The topological polar surface area (TPSA) is 80.9 Å². The van der Waals surface area contributed by atoms with Gasteiger partial charge < -0.3 is 9.84 Å². The smallest absolute Gasteiger partial charge is 0.227 e. The fourth-order valence-corrected chi connectivity index (χ4v) is 4.73. The molecule has 0 unspecified atom stereocenters. The number of benzene rings is 2. The number of amides is 1. The Balaban J connectivity index is 1.25. The predicted octanol–water partition coefficient (Wildman–Crippen LogP) is 6.33. The highest BCUT2D eigenvalue weighted by molar-refractivity contribution is 8.00. The number of carbonyl (C=O) groups is 1. The molecule has 0 aliphatic carbocycles. The first-order chi connectivity index (χ1) is 15.5. The minimum absolute atomic E-state index is 0.134. The molecule has 2 aromatic heterocycles. The Kier molecular flexibility index (Phi) is 7.24. The molecule has 2 heterocycles. The average molecular weight is 485 g/mol. The van der Waals surface area contributed by atoms with Crippen LogP contribution in [0.3, 0.4) is 0 Å². The summed E-state index contributed by atoms with van der Waals surface area (Å²) >= 11 is 9.25. The van der Waals surface area contributed by atoms with Crippen molar-refractivity contribution in [3.05, 3.63) is 75.7 Å². The summed E-state index contributed by atoms with van der Waals surface area (Å²) < 4.78 is 6.23. The van der Waals surface area contributed by atoms with Crippen LogP contribution in [-0.4, -0.2) is 21.0 Å². The van der Waals surface area contributed by atoms with Crippen molar-refractivity contribution in [3.63, 3.8) is 0 Å². The van der Waals surface area contributed by atoms with E-state index >= 15 is 0 Å². The molecular weight excluding hydrogens is 464 g/mol. The molecule has 0 saturated heterocycles. The summed E-state index contributed by atoms with van der Waals surface area (Å²) in [5, 5.41) is 9.51. The van der Waals surface area contributed by atoms with Crippen molar-refractivity contribution >= 4 is 46.3 Å². The van der Waals surface area contributed by atoms with Crippen LogP contribution in [0.15, 0.2) is 56.7 Å². The minimum Gasteiger partial charge on any atom is -0.339 e. The van der Waals surface area contributed by atoms with E-state index in [-0.39, 0.29) is 12.3 Å². The van der Waals surface area contributed by atoms with Gasteiger partial charge in [-0.15, -0.1) is 11.3 Å². The Morgan fingerprint density at radius 1 is 1.16 bits per heavy atom. The number of hydrogen-bond donors (Lipinski definition) is 1. The summed E-state index contributed by atoms with van der Waals surface area (Å²) in [5.74, 6) is 1.45. The van der Waals surface area contributed by atoms with Crippen molar-refractivity contribution in [3.8, 4) is 11.3 Å². The summed E-state index contributed by atoms with van der Waals surface area (Å²) in [5.41, 5.74) is 4.93. The van der Waals surface area contributed by atoms with Crippen molar-refractivity contribution < 1.29 is 9.32 Å². The zero-order valence-corrected chi connectivity index (χ0v) is 20.0. The van der Waals surface area contributed by atoms with Crippen LogP contribution in [0, 0.1) is 13.8 Å². The molecule has 6 nitrogen and oxygen atoms in total. The highest BCUT2D eigenvalue weighted by atomic mass is 35.5. The third-order valence-electron chi connectivity index (χ3n) is 4.69. The van der Waals surface area contributed by atoms with Crippen LogP contribution in [-0.2, 0) is 17.0 Å². The van der Waals surface area contributed by atoms with Gasteiger partial charge in [0.2, 0.25) is 11.8 Å². The monoisotopic (exact) mass is 484 g/mol. The average Bonchev–Trinajstić information content (AvgIpc) is 3.43. The van der Waals surface area contributed by atoms with E-state index in [0.717, 1.165) is 21.2 Å². The van der Waals surface area contributed by atoms with E-state index in [1.54, 1.807) is 29.2 Å². The number of thiazole rings is 1. The van der Waals surface area contributed by atoms with Crippen molar-refractivity contribution in [1.29, 1.82) is 0 Å². The van der Waals surface area contributed by atoms with E-state index in [9.17, 15) is 4.79 Å². The fraction of sp³-hybridized carbons (Fsp3) is 0.217. The van der Waals surface area contributed by atoms with Gasteiger partial charge >= 0.3 is 0 Å². The molecule has 0 aliphatic rings. The standard InChI is InChI=1S/C23H21ClN4O2S2/c1-14-3-6-16(7-4-14)19-12-31-23(26-19)32-13-20-27-22(30-28-20)10-9-21(29)25-17-8-5-15(2)18(24)11-17/h3-8,11-12H,9-10,13H2,1-2H3,(H,25,29). The molecule has 0 atom stereocenters. The van der Waals surface area contributed by atoms with Gasteiger partial charge in [0, 0.05) is 34.5 Å². The Bertz CT molecular complexity index is 1220.